The van der Waals surface area contributed by atoms with Crippen molar-refractivity contribution >= 4 is 44.9 Å². The molecule has 2 nitrogen and oxygen atoms in total. The van der Waals surface area contributed by atoms with E-state index in [1.54, 1.807) is 12.1 Å². The number of fused-ring (bicyclic) bond motifs is 5. The van der Waals surface area contributed by atoms with Crippen molar-refractivity contribution in [3.63, 3.8) is 0 Å². The summed E-state index contributed by atoms with van der Waals surface area (Å²) in [5, 5.41) is 2.13. The molecule has 4 heteroatoms. The zero-order chi connectivity index (χ0) is 32.1. The number of hydrogen-bond acceptors (Lipinski definition) is 2. The smallest absolute Gasteiger partial charge is 0.147 e. The molecule has 47 heavy (non-hydrogen) atoms. The first-order valence-electron chi connectivity index (χ1n) is 15.8. The second-order valence-electron chi connectivity index (χ2n) is 12.5. The number of nitrogens with zero attached hydrogens (tertiary/aromatic N) is 2. The number of anilines is 6. The molecule has 0 radical (unpaired) electrons. The molecule has 1 aliphatic rings. The molecule has 7 aromatic carbocycles. The Balaban J connectivity index is 1.36. The summed E-state index contributed by atoms with van der Waals surface area (Å²) in [6.45, 7) is 4.48. The second-order valence-corrected chi connectivity index (χ2v) is 12.5. The maximum absolute atomic E-state index is 15.6. The molecule has 8 rings (SSSR count). The van der Waals surface area contributed by atoms with Gasteiger partial charge in [0.1, 0.15) is 11.6 Å². The van der Waals surface area contributed by atoms with Gasteiger partial charge in [0.15, 0.2) is 0 Å². The van der Waals surface area contributed by atoms with Crippen LogP contribution < -0.4 is 9.80 Å². The predicted molar refractivity (Wildman–Crippen MR) is 191 cm³/mol. The maximum Gasteiger partial charge on any atom is 0.147 e. The maximum atomic E-state index is 15.6. The Bertz CT molecular complexity index is 2260. The minimum Gasteiger partial charge on any atom is -0.308 e. The fourth-order valence-corrected chi connectivity index (χ4v) is 7.13. The Morgan fingerprint density at radius 1 is 0.426 bits per heavy atom. The van der Waals surface area contributed by atoms with Crippen LogP contribution in [0.5, 0.6) is 0 Å². The van der Waals surface area contributed by atoms with Crippen LogP contribution in [0.3, 0.4) is 0 Å². The number of benzene rings is 7. The van der Waals surface area contributed by atoms with Crippen molar-refractivity contribution in [3.8, 4) is 11.1 Å². The monoisotopic (exact) mass is 614 g/mol. The first-order valence-corrected chi connectivity index (χ1v) is 15.8. The summed E-state index contributed by atoms with van der Waals surface area (Å²) in [4.78, 5) is 4.01. The van der Waals surface area contributed by atoms with Gasteiger partial charge in [-0.3, -0.25) is 0 Å². The molecule has 228 valence electrons. The molecular formula is C43H32F2N2. The fraction of sp³-hybridized carbons (Fsp3) is 0.0698. The Kier molecular flexibility index (Phi) is 6.87. The lowest BCUT2D eigenvalue weighted by Gasteiger charge is -2.30. The highest BCUT2D eigenvalue weighted by molar-refractivity contribution is 6.10. The summed E-state index contributed by atoms with van der Waals surface area (Å²) >= 11 is 0. The summed E-state index contributed by atoms with van der Waals surface area (Å²) in [6, 6.07) is 50.8. The summed E-state index contributed by atoms with van der Waals surface area (Å²) in [5.74, 6) is -0.577. The van der Waals surface area contributed by atoms with E-state index < -0.39 is 5.41 Å². The van der Waals surface area contributed by atoms with Gasteiger partial charge in [0, 0.05) is 27.9 Å². The molecule has 0 saturated heterocycles. The van der Waals surface area contributed by atoms with Crippen LogP contribution in [0.15, 0.2) is 158 Å². The Hall–Kier alpha value is -5.74. The van der Waals surface area contributed by atoms with Crippen molar-refractivity contribution < 1.29 is 8.78 Å². The number of hydrogen-bond donors (Lipinski definition) is 0. The van der Waals surface area contributed by atoms with Crippen LogP contribution in [0.1, 0.15) is 25.0 Å². The summed E-state index contributed by atoms with van der Waals surface area (Å²) in [7, 11) is 0. The van der Waals surface area contributed by atoms with Gasteiger partial charge in [0.05, 0.1) is 17.1 Å². The Morgan fingerprint density at radius 2 is 0.936 bits per heavy atom. The van der Waals surface area contributed by atoms with Crippen molar-refractivity contribution in [2.24, 2.45) is 0 Å². The fourth-order valence-electron chi connectivity index (χ4n) is 7.13. The van der Waals surface area contributed by atoms with Gasteiger partial charge in [-0.2, -0.15) is 0 Å². The zero-order valence-electron chi connectivity index (χ0n) is 26.2. The van der Waals surface area contributed by atoms with E-state index in [-0.39, 0.29) is 11.6 Å². The summed E-state index contributed by atoms with van der Waals surface area (Å²) in [5.41, 5.74) is 8.75. The molecule has 0 aliphatic heterocycles. The SMILES string of the molecule is CC1(C)c2cc(N(c3ccccc3)c3ccccc3F)ccc2-c2c1cc(N(c1ccccc1)c1ccccc1F)c1ccccc21. The topological polar surface area (TPSA) is 6.48 Å². The molecule has 0 N–H and O–H groups in total. The summed E-state index contributed by atoms with van der Waals surface area (Å²) < 4.78 is 31.0. The Morgan fingerprint density at radius 3 is 1.55 bits per heavy atom. The van der Waals surface area contributed by atoms with E-state index in [2.05, 4.69) is 56.3 Å². The van der Waals surface area contributed by atoms with Crippen LogP contribution in [0.4, 0.5) is 42.9 Å². The van der Waals surface area contributed by atoms with Crippen molar-refractivity contribution in [2.45, 2.75) is 19.3 Å². The standard InChI is InChI=1S/C43H32F2N2/c1-43(2)35-27-31(46(29-15-5-3-6-16-29)39-23-13-11-21-37(39)44)25-26-34(35)42-33-20-10-9-19-32(33)41(28-36(42)43)47(30-17-7-4-8-18-30)40-24-14-12-22-38(40)45/h3-28H,1-2H3. The van der Waals surface area contributed by atoms with E-state index in [1.165, 1.54) is 17.7 Å². The first-order chi connectivity index (χ1) is 22.9. The number of para-hydroxylation sites is 4. The van der Waals surface area contributed by atoms with Crippen LogP contribution in [0.25, 0.3) is 21.9 Å². The highest BCUT2D eigenvalue weighted by Gasteiger charge is 2.38. The highest BCUT2D eigenvalue weighted by atomic mass is 19.1. The van der Waals surface area contributed by atoms with Gasteiger partial charge >= 0.3 is 0 Å². The lowest BCUT2D eigenvalue weighted by molar-refractivity contribution is 0.628. The molecule has 0 spiro atoms. The highest BCUT2D eigenvalue weighted by Crippen LogP contribution is 2.55. The third-order valence-corrected chi connectivity index (χ3v) is 9.36. The van der Waals surface area contributed by atoms with Gasteiger partial charge < -0.3 is 9.80 Å². The Labute approximate surface area is 273 Å². The zero-order valence-corrected chi connectivity index (χ0v) is 26.2. The van der Waals surface area contributed by atoms with Gasteiger partial charge in [-0.05, 0) is 94.4 Å². The van der Waals surface area contributed by atoms with Crippen LogP contribution in [-0.2, 0) is 5.41 Å². The minimum atomic E-state index is -0.408. The first kappa shape index (κ1) is 28.7. The molecule has 7 aromatic rings. The molecule has 0 amide bonds. The van der Waals surface area contributed by atoms with Crippen molar-refractivity contribution in [3.05, 3.63) is 180 Å². The van der Waals surface area contributed by atoms with Gasteiger partial charge in [-0.15, -0.1) is 0 Å². The predicted octanol–water partition coefficient (Wildman–Crippen LogP) is 12.4. The lowest BCUT2D eigenvalue weighted by Crippen LogP contribution is -2.18. The van der Waals surface area contributed by atoms with Crippen molar-refractivity contribution in [2.75, 3.05) is 9.80 Å². The summed E-state index contributed by atoms with van der Waals surface area (Å²) in [6.07, 6.45) is 0. The van der Waals surface area contributed by atoms with Crippen molar-refractivity contribution in [1.29, 1.82) is 0 Å². The average molecular weight is 615 g/mol. The second kappa shape index (κ2) is 11.3. The van der Waals surface area contributed by atoms with Gasteiger partial charge in [0.25, 0.3) is 0 Å². The minimum absolute atomic E-state index is 0.288. The third kappa shape index (κ3) is 4.68. The van der Waals surface area contributed by atoms with E-state index in [0.717, 1.165) is 50.2 Å². The van der Waals surface area contributed by atoms with Crippen LogP contribution in [0, 0.1) is 11.6 Å². The lowest BCUT2D eigenvalue weighted by atomic mass is 9.81. The molecule has 0 saturated carbocycles. The van der Waals surface area contributed by atoms with Crippen LogP contribution >= 0.6 is 0 Å². The average Bonchev–Trinajstić information content (AvgIpc) is 3.33. The van der Waals surface area contributed by atoms with E-state index >= 15 is 8.78 Å². The largest absolute Gasteiger partial charge is 0.308 e. The quantitative estimate of drug-likeness (QED) is 0.184. The molecule has 0 fully saturated rings. The van der Waals surface area contributed by atoms with Gasteiger partial charge in [-0.25, -0.2) is 8.78 Å². The number of rotatable bonds is 6. The van der Waals surface area contributed by atoms with E-state index in [1.807, 2.05) is 101 Å². The number of halogens is 2. The van der Waals surface area contributed by atoms with Gasteiger partial charge in [-0.1, -0.05) is 105 Å². The third-order valence-electron chi connectivity index (χ3n) is 9.36. The molecule has 0 atom stereocenters. The molecule has 0 aromatic heterocycles. The van der Waals surface area contributed by atoms with E-state index in [0.29, 0.717) is 11.4 Å². The molecular weight excluding hydrogens is 582 g/mol. The molecule has 0 unspecified atom stereocenters. The van der Waals surface area contributed by atoms with E-state index in [4.69, 9.17) is 0 Å². The normalized spacial score (nSPS) is 12.9. The molecule has 0 heterocycles. The molecule has 0 bridgehead atoms. The van der Waals surface area contributed by atoms with Crippen LogP contribution in [0.2, 0.25) is 0 Å². The van der Waals surface area contributed by atoms with Crippen LogP contribution in [-0.4, -0.2) is 0 Å². The van der Waals surface area contributed by atoms with E-state index in [9.17, 15) is 0 Å². The van der Waals surface area contributed by atoms with Gasteiger partial charge in [0.2, 0.25) is 0 Å². The molecule has 1 aliphatic carbocycles. The van der Waals surface area contributed by atoms with Crippen molar-refractivity contribution in [1.82, 2.24) is 0 Å².